The zero-order chi connectivity index (χ0) is 19.0. The molecular formula is C22H25N3O2. The molecule has 140 valence electrons. The number of ether oxygens (including phenoxy) is 1. The molecule has 0 radical (unpaired) electrons. The second-order valence-electron chi connectivity index (χ2n) is 7.21. The molecule has 0 unspecified atom stereocenters. The Morgan fingerprint density at radius 2 is 2.07 bits per heavy atom. The number of rotatable bonds is 4. The molecule has 0 saturated carbocycles. The number of hydrogen-bond donors (Lipinski definition) is 1. The third kappa shape index (κ3) is 3.37. The molecule has 3 aromatic rings. The lowest BCUT2D eigenvalue weighted by atomic mass is 10.1. The van der Waals surface area contributed by atoms with Gasteiger partial charge < -0.3 is 19.5 Å². The molecule has 4 rings (SSSR count). The number of fused-ring (bicyclic) bond motifs is 2. The first kappa shape index (κ1) is 17.5. The summed E-state index contributed by atoms with van der Waals surface area (Å²) in [5.41, 5.74) is 3.90. The molecule has 0 bridgehead atoms. The molecule has 0 fully saturated rings. The number of hydrogen-bond acceptors (Lipinski definition) is 3. The van der Waals surface area contributed by atoms with Gasteiger partial charge in [0.15, 0.2) is 0 Å². The number of H-pyrrole nitrogens is 1. The second kappa shape index (κ2) is 6.99. The number of nitrogens with one attached hydrogen (secondary N) is 1. The number of aromatic amines is 1. The molecular weight excluding hydrogens is 338 g/mol. The summed E-state index contributed by atoms with van der Waals surface area (Å²) in [5, 5.41) is 1.05. The molecule has 5 nitrogen and oxygen atoms in total. The van der Waals surface area contributed by atoms with Gasteiger partial charge in [-0.15, -0.1) is 0 Å². The van der Waals surface area contributed by atoms with Crippen molar-refractivity contribution in [3.8, 4) is 5.75 Å². The Labute approximate surface area is 159 Å². The van der Waals surface area contributed by atoms with Crippen molar-refractivity contribution in [3.05, 3.63) is 59.8 Å². The van der Waals surface area contributed by atoms with Crippen LogP contribution in [0.3, 0.4) is 0 Å². The Balaban J connectivity index is 1.49. The Morgan fingerprint density at radius 1 is 1.26 bits per heavy atom. The van der Waals surface area contributed by atoms with Gasteiger partial charge in [0.05, 0.1) is 18.8 Å². The summed E-state index contributed by atoms with van der Waals surface area (Å²) in [5.74, 6) is 0.867. The van der Waals surface area contributed by atoms with Crippen LogP contribution < -0.4 is 9.64 Å². The van der Waals surface area contributed by atoms with E-state index >= 15 is 0 Å². The van der Waals surface area contributed by atoms with Crippen molar-refractivity contribution in [1.29, 1.82) is 0 Å². The van der Waals surface area contributed by atoms with E-state index in [9.17, 15) is 4.79 Å². The van der Waals surface area contributed by atoms with Gasteiger partial charge in [0.25, 0.3) is 5.91 Å². The minimum atomic E-state index is -0.0552. The van der Waals surface area contributed by atoms with Gasteiger partial charge in [-0.1, -0.05) is 24.3 Å². The number of aryl methyl sites for hydroxylation is 1. The molecule has 1 aliphatic heterocycles. The molecule has 5 heteroatoms. The summed E-state index contributed by atoms with van der Waals surface area (Å²) < 4.78 is 6.15. The largest absolute Gasteiger partial charge is 0.485 e. The van der Waals surface area contributed by atoms with Crippen molar-refractivity contribution >= 4 is 22.5 Å². The number of nitrogens with zero attached hydrogens (tertiary/aromatic N) is 2. The van der Waals surface area contributed by atoms with Crippen LogP contribution in [0.2, 0.25) is 0 Å². The van der Waals surface area contributed by atoms with Gasteiger partial charge in [0, 0.05) is 24.5 Å². The van der Waals surface area contributed by atoms with Crippen molar-refractivity contribution in [1.82, 2.24) is 9.88 Å². The predicted molar refractivity (Wildman–Crippen MR) is 109 cm³/mol. The highest BCUT2D eigenvalue weighted by molar-refractivity contribution is 5.98. The topological polar surface area (TPSA) is 48.6 Å². The average Bonchev–Trinajstić information content (AvgIpc) is 3.09. The van der Waals surface area contributed by atoms with Crippen LogP contribution in [-0.4, -0.2) is 48.6 Å². The zero-order valence-corrected chi connectivity index (χ0v) is 16.0. The van der Waals surface area contributed by atoms with Crippen molar-refractivity contribution in [2.45, 2.75) is 20.0 Å². The highest BCUT2D eigenvalue weighted by Crippen LogP contribution is 2.33. The average molecular weight is 363 g/mol. The maximum atomic E-state index is 12.9. The molecule has 1 N–H and O–H groups in total. The molecule has 0 spiro atoms. The second-order valence-corrected chi connectivity index (χ2v) is 7.21. The SMILES string of the molecule is CCN1C[C@@H](CN(C)C(=O)c2cc3ccc(C)cc3[nH]2)Oc2ccccc21. The van der Waals surface area contributed by atoms with E-state index in [1.165, 1.54) is 5.56 Å². The first-order valence-corrected chi connectivity index (χ1v) is 9.40. The lowest BCUT2D eigenvalue weighted by Crippen LogP contribution is -2.46. The predicted octanol–water partition coefficient (Wildman–Crippen LogP) is 3.84. The fourth-order valence-electron chi connectivity index (χ4n) is 3.72. The summed E-state index contributed by atoms with van der Waals surface area (Å²) in [6.07, 6.45) is -0.0552. The van der Waals surface area contributed by atoms with Crippen molar-refractivity contribution < 1.29 is 9.53 Å². The van der Waals surface area contributed by atoms with Crippen LogP contribution in [0.15, 0.2) is 48.5 Å². The van der Waals surface area contributed by atoms with Crippen LogP contribution in [0.25, 0.3) is 10.9 Å². The quantitative estimate of drug-likeness (QED) is 0.766. The highest BCUT2D eigenvalue weighted by atomic mass is 16.5. The van der Waals surface area contributed by atoms with E-state index in [1.54, 1.807) is 4.90 Å². The molecule has 27 heavy (non-hydrogen) atoms. The minimum absolute atomic E-state index is 0.0191. The Bertz CT molecular complexity index is 979. The summed E-state index contributed by atoms with van der Waals surface area (Å²) in [6.45, 7) is 6.41. The standard InChI is InChI=1S/C22H25N3O2/c1-4-25-14-17(27-21-8-6-5-7-20(21)25)13-24(3)22(26)19-12-16-10-9-15(2)11-18(16)23-19/h5-12,17,23H,4,13-14H2,1-3H3/t17-/m1/s1. The van der Waals surface area contributed by atoms with Crippen LogP contribution >= 0.6 is 0 Å². The van der Waals surface area contributed by atoms with Crippen LogP contribution in [0.5, 0.6) is 5.75 Å². The Kier molecular flexibility index (Phi) is 4.52. The molecule has 2 heterocycles. The third-order valence-corrected chi connectivity index (χ3v) is 5.14. The number of benzene rings is 2. The smallest absolute Gasteiger partial charge is 0.270 e. The van der Waals surface area contributed by atoms with Crippen LogP contribution in [0.1, 0.15) is 23.0 Å². The number of carbonyl (C=O) groups is 1. The number of carbonyl (C=O) groups excluding carboxylic acids is 1. The van der Waals surface area contributed by atoms with E-state index in [0.717, 1.165) is 35.4 Å². The number of amides is 1. The Hall–Kier alpha value is -2.95. The number of anilines is 1. The van der Waals surface area contributed by atoms with E-state index in [2.05, 4.69) is 35.0 Å². The normalized spacial score (nSPS) is 16.1. The number of aromatic nitrogens is 1. The summed E-state index contributed by atoms with van der Waals surface area (Å²) >= 11 is 0. The molecule has 1 amide bonds. The van der Waals surface area contributed by atoms with Gasteiger partial charge in [-0.2, -0.15) is 0 Å². The van der Waals surface area contributed by atoms with E-state index in [0.29, 0.717) is 12.2 Å². The van der Waals surface area contributed by atoms with Gasteiger partial charge in [-0.3, -0.25) is 4.79 Å². The number of para-hydroxylation sites is 2. The van der Waals surface area contributed by atoms with Gasteiger partial charge in [-0.05, 0) is 43.7 Å². The molecule has 2 aromatic carbocycles. The van der Waals surface area contributed by atoms with Crippen molar-refractivity contribution in [2.75, 3.05) is 31.6 Å². The van der Waals surface area contributed by atoms with Gasteiger partial charge in [0.1, 0.15) is 17.5 Å². The van der Waals surface area contributed by atoms with E-state index in [-0.39, 0.29) is 12.0 Å². The van der Waals surface area contributed by atoms with Crippen LogP contribution in [0.4, 0.5) is 5.69 Å². The lowest BCUT2D eigenvalue weighted by Gasteiger charge is -2.37. The monoisotopic (exact) mass is 363 g/mol. The summed E-state index contributed by atoms with van der Waals surface area (Å²) in [7, 11) is 1.83. The zero-order valence-electron chi connectivity index (χ0n) is 16.0. The lowest BCUT2D eigenvalue weighted by molar-refractivity contribution is 0.0705. The fraction of sp³-hybridized carbons (Fsp3) is 0.318. The third-order valence-electron chi connectivity index (χ3n) is 5.14. The van der Waals surface area contributed by atoms with E-state index in [1.807, 2.05) is 44.3 Å². The van der Waals surface area contributed by atoms with E-state index in [4.69, 9.17) is 4.74 Å². The van der Waals surface area contributed by atoms with Gasteiger partial charge >= 0.3 is 0 Å². The molecule has 0 saturated heterocycles. The Morgan fingerprint density at radius 3 is 2.89 bits per heavy atom. The highest BCUT2D eigenvalue weighted by Gasteiger charge is 2.27. The maximum Gasteiger partial charge on any atom is 0.270 e. The first-order valence-electron chi connectivity index (χ1n) is 9.40. The van der Waals surface area contributed by atoms with Crippen LogP contribution in [0, 0.1) is 6.92 Å². The maximum absolute atomic E-state index is 12.9. The van der Waals surface area contributed by atoms with Gasteiger partial charge in [0.2, 0.25) is 0 Å². The van der Waals surface area contributed by atoms with Gasteiger partial charge in [-0.25, -0.2) is 0 Å². The van der Waals surface area contributed by atoms with Crippen molar-refractivity contribution in [3.63, 3.8) is 0 Å². The van der Waals surface area contributed by atoms with Crippen molar-refractivity contribution in [2.24, 2.45) is 0 Å². The fourth-order valence-corrected chi connectivity index (χ4v) is 3.72. The minimum Gasteiger partial charge on any atom is -0.485 e. The van der Waals surface area contributed by atoms with Crippen LogP contribution in [-0.2, 0) is 0 Å². The molecule has 1 aromatic heterocycles. The number of likely N-dealkylation sites (N-methyl/N-ethyl adjacent to an activating group) is 2. The summed E-state index contributed by atoms with van der Waals surface area (Å²) in [4.78, 5) is 20.2. The first-order chi connectivity index (χ1) is 13.0. The molecule has 1 atom stereocenters. The molecule has 1 aliphatic rings. The molecule has 0 aliphatic carbocycles. The van der Waals surface area contributed by atoms with E-state index < -0.39 is 0 Å². The summed E-state index contributed by atoms with van der Waals surface area (Å²) in [6, 6.07) is 16.2.